The Labute approximate surface area is 184 Å². The normalized spacial score (nSPS) is 19.9. The third kappa shape index (κ3) is 3.89. The lowest BCUT2D eigenvalue weighted by atomic mass is 9.89. The molecule has 1 saturated heterocycles. The number of halogens is 1. The predicted molar refractivity (Wildman–Crippen MR) is 117 cm³/mol. The minimum atomic E-state index is -3.62. The van der Waals surface area contributed by atoms with E-state index in [0.717, 1.165) is 15.6 Å². The molecule has 1 N–H and O–H groups in total. The molecule has 1 atom stereocenters. The number of hydrogen-bond donors (Lipinski definition) is 1. The molecule has 2 aliphatic heterocycles. The van der Waals surface area contributed by atoms with Gasteiger partial charge < -0.3 is 10.2 Å². The van der Waals surface area contributed by atoms with Crippen LogP contribution in [-0.2, 0) is 19.6 Å². The van der Waals surface area contributed by atoms with E-state index in [9.17, 15) is 18.0 Å². The van der Waals surface area contributed by atoms with E-state index in [4.69, 9.17) is 0 Å². The van der Waals surface area contributed by atoms with Crippen molar-refractivity contribution in [1.82, 2.24) is 9.21 Å². The van der Waals surface area contributed by atoms with Crippen LogP contribution in [0.15, 0.2) is 51.8 Å². The molecule has 0 aromatic heterocycles. The first kappa shape index (κ1) is 21.0. The van der Waals surface area contributed by atoms with Gasteiger partial charge in [-0.1, -0.05) is 34.1 Å². The van der Waals surface area contributed by atoms with Gasteiger partial charge in [0.25, 0.3) is 0 Å². The SMILES string of the molecule is Cc1cc(S(=O)(=O)N2CCN(C(=O)C3CC(=O)Nc4ccccc43)CC2)ccc1Br. The molecule has 2 aliphatic rings. The maximum absolute atomic E-state index is 13.1. The molecule has 0 aliphatic carbocycles. The summed E-state index contributed by atoms with van der Waals surface area (Å²) in [6.07, 6.45) is 0.104. The van der Waals surface area contributed by atoms with E-state index in [1.807, 2.05) is 25.1 Å². The molecular weight excluding hydrogens is 470 g/mol. The van der Waals surface area contributed by atoms with Crippen molar-refractivity contribution in [3.8, 4) is 0 Å². The molecule has 0 radical (unpaired) electrons. The van der Waals surface area contributed by atoms with Crippen molar-refractivity contribution in [2.45, 2.75) is 24.2 Å². The van der Waals surface area contributed by atoms with Crippen molar-refractivity contribution < 1.29 is 18.0 Å². The number of carbonyl (C=O) groups excluding carboxylic acids is 2. The zero-order valence-electron chi connectivity index (χ0n) is 16.5. The summed E-state index contributed by atoms with van der Waals surface area (Å²) in [6.45, 7) is 2.90. The van der Waals surface area contributed by atoms with E-state index in [-0.39, 0.29) is 36.2 Å². The van der Waals surface area contributed by atoms with E-state index in [1.54, 1.807) is 29.2 Å². The number of rotatable bonds is 3. The summed E-state index contributed by atoms with van der Waals surface area (Å²) in [7, 11) is -3.62. The Kier molecular flexibility index (Phi) is 5.69. The second kappa shape index (κ2) is 8.13. The van der Waals surface area contributed by atoms with Gasteiger partial charge in [0.1, 0.15) is 0 Å². The molecule has 0 saturated carbocycles. The molecule has 30 heavy (non-hydrogen) atoms. The van der Waals surface area contributed by atoms with Crippen molar-refractivity contribution in [2.75, 3.05) is 31.5 Å². The molecule has 9 heteroatoms. The molecule has 2 aromatic carbocycles. The highest BCUT2D eigenvalue weighted by atomic mass is 79.9. The minimum Gasteiger partial charge on any atom is -0.340 e. The van der Waals surface area contributed by atoms with Crippen molar-refractivity contribution >= 4 is 43.5 Å². The van der Waals surface area contributed by atoms with Crippen LogP contribution in [0.25, 0.3) is 0 Å². The fourth-order valence-electron chi connectivity index (χ4n) is 3.93. The van der Waals surface area contributed by atoms with Gasteiger partial charge in [-0.05, 0) is 42.3 Å². The van der Waals surface area contributed by atoms with Gasteiger partial charge in [0, 0.05) is 42.8 Å². The quantitative estimate of drug-likeness (QED) is 0.714. The molecule has 2 aromatic rings. The van der Waals surface area contributed by atoms with E-state index in [0.29, 0.717) is 18.8 Å². The number of amides is 2. The molecule has 7 nitrogen and oxygen atoms in total. The van der Waals surface area contributed by atoms with E-state index in [1.165, 1.54) is 4.31 Å². The van der Waals surface area contributed by atoms with Crippen LogP contribution in [0.1, 0.15) is 23.5 Å². The molecule has 158 valence electrons. The van der Waals surface area contributed by atoms with Crippen LogP contribution in [0.3, 0.4) is 0 Å². The molecule has 1 fully saturated rings. The number of sulfonamides is 1. The first-order chi connectivity index (χ1) is 14.3. The van der Waals surface area contributed by atoms with Crippen LogP contribution in [0.5, 0.6) is 0 Å². The lowest BCUT2D eigenvalue weighted by molar-refractivity contribution is -0.136. The average Bonchev–Trinajstić information content (AvgIpc) is 2.74. The summed E-state index contributed by atoms with van der Waals surface area (Å²) in [6, 6.07) is 12.3. The van der Waals surface area contributed by atoms with E-state index >= 15 is 0 Å². The van der Waals surface area contributed by atoms with Crippen LogP contribution in [0, 0.1) is 6.92 Å². The summed E-state index contributed by atoms with van der Waals surface area (Å²) >= 11 is 3.39. The highest BCUT2D eigenvalue weighted by Crippen LogP contribution is 2.33. The maximum atomic E-state index is 13.1. The number of fused-ring (bicyclic) bond motifs is 1. The summed E-state index contributed by atoms with van der Waals surface area (Å²) < 4.78 is 28.3. The third-order valence-corrected chi connectivity index (χ3v) is 8.40. The van der Waals surface area contributed by atoms with Gasteiger partial charge in [-0.15, -0.1) is 0 Å². The summed E-state index contributed by atoms with van der Waals surface area (Å²) in [5, 5.41) is 2.80. The molecule has 2 heterocycles. The number of anilines is 1. The van der Waals surface area contributed by atoms with Crippen LogP contribution in [-0.4, -0.2) is 55.6 Å². The Morgan fingerprint density at radius 1 is 1.10 bits per heavy atom. The van der Waals surface area contributed by atoms with Crippen molar-refractivity contribution in [3.05, 3.63) is 58.1 Å². The molecule has 2 amide bonds. The Bertz CT molecular complexity index is 1110. The lowest BCUT2D eigenvalue weighted by Gasteiger charge is -2.36. The maximum Gasteiger partial charge on any atom is 0.243 e. The number of carbonyl (C=O) groups is 2. The van der Waals surface area contributed by atoms with Gasteiger partial charge in [-0.3, -0.25) is 9.59 Å². The van der Waals surface area contributed by atoms with Crippen molar-refractivity contribution in [2.24, 2.45) is 0 Å². The van der Waals surface area contributed by atoms with E-state index in [2.05, 4.69) is 21.2 Å². The van der Waals surface area contributed by atoms with Gasteiger partial charge in [-0.25, -0.2) is 8.42 Å². The average molecular weight is 492 g/mol. The molecule has 0 bridgehead atoms. The van der Waals surface area contributed by atoms with Crippen molar-refractivity contribution in [3.63, 3.8) is 0 Å². The third-order valence-electron chi connectivity index (χ3n) is 5.62. The highest BCUT2D eigenvalue weighted by Gasteiger charge is 2.36. The Balaban J connectivity index is 1.48. The fraction of sp³-hybridized carbons (Fsp3) is 0.333. The topological polar surface area (TPSA) is 86.8 Å². The standard InChI is InChI=1S/C21H22BrN3O4S/c1-14-12-15(6-7-18(14)22)30(28,29)25-10-8-24(9-11-25)21(27)17-13-20(26)23-19-5-3-2-4-16(17)19/h2-7,12,17H,8-11,13H2,1H3,(H,23,26). The first-order valence-electron chi connectivity index (χ1n) is 9.71. The predicted octanol–water partition coefficient (Wildman–Crippen LogP) is 2.72. The monoisotopic (exact) mass is 491 g/mol. The van der Waals surface area contributed by atoms with Crippen molar-refractivity contribution in [1.29, 1.82) is 0 Å². The van der Waals surface area contributed by atoms with Crippen LogP contribution in [0.2, 0.25) is 0 Å². The van der Waals surface area contributed by atoms with Gasteiger partial charge in [0.2, 0.25) is 21.8 Å². The number of piperazine rings is 1. The second-order valence-electron chi connectivity index (χ2n) is 7.53. The summed E-state index contributed by atoms with van der Waals surface area (Å²) in [4.78, 5) is 27.1. The number of hydrogen-bond acceptors (Lipinski definition) is 4. The molecular formula is C21H22BrN3O4S. The number of benzene rings is 2. The zero-order valence-corrected chi connectivity index (χ0v) is 18.9. The zero-order chi connectivity index (χ0) is 21.5. The van der Waals surface area contributed by atoms with Crippen LogP contribution < -0.4 is 5.32 Å². The smallest absolute Gasteiger partial charge is 0.243 e. The van der Waals surface area contributed by atoms with Crippen LogP contribution in [0.4, 0.5) is 5.69 Å². The number of aryl methyl sites for hydroxylation is 1. The number of nitrogens with one attached hydrogen (secondary N) is 1. The molecule has 4 rings (SSSR count). The fourth-order valence-corrected chi connectivity index (χ4v) is 5.68. The van der Waals surface area contributed by atoms with Gasteiger partial charge >= 0.3 is 0 Å². The number of para-hydroxylation sites is 1. The molecule has 1 unspecified atom stereocenters. The molecule has 0 spiro atoms. The Morgan fingerprint density at radius 3 is 2.50 bits per heavy atom. The Hall–Kier alpha value is -2.23. The second-order valence-corrected chi connectivity index (χ2v) is 10.3. The highest BCUT2D eigenvalue weighted by molar-refractivity contribution is 9.10. The Morgan fingerprint density at radius 2 is 1.80 bits per heavy atom. The minimum absolute atomic E-state index is 0.104. The summed E-state index contributed by atoms with van der Waals surface area (Å²) in [5.74, 6) is -0.847. The van der Waals surface area contributed by atoms with Gasteiger partial charge in [-0.2, -0.15) is 4.31 Å². The van der Waals surface area contributed by atoms with Crippen LogP contribution >= 0.6 is 15.9 Å². The van der Waals surface area contributed by atoms with Gasteiger partial charge in [0.15, 0.2) is 0 Å². The lowest BCUT2D eigenvalue weighted by Crippen LogP contribution is -2.52. The summed E-state index contributed by atoms with van der Waals surface area (Å²) in [5.41, 5.74) is 2.32. The largest absolute Gasteiger partial charge is 0.340 e. The van der Waals surface area contributed by atoms with Gasteiger partial charge in [0.05, 0.1) is 10.8 Å². The van der Waals surface area contributed by atoms with E-state index < -0.39 is 15.9 Å². The number of nitrogens with zero attached hydrogens (tertiary/aromatic N) is 2. The first-order valence-corrected chi connectivity index (χ1v) is 11.9.